The number of esters is 1. The van der Waals surface area contributed by atoms with Crippen LogP contribution in [-0.2, 0) is 29.0 Å². The van der Waals surface area contributed by atoms with E-state index in [1.165, 1.54) is 7.11 Å². The average Bonchev–Trinajstić information content (AvgIpc) is 3.02. The highest BCUT2D eigenvalue weighted by molar-refractivity contribution is 5.94. The Bertz CT molecular complexity index is 935. The third-order valence-corrected chi connectivity index (χ3v) is 4.10. The first kappa shape index (κ1) is 17.6. The Kier molecular flexibility index (Phi) is 5.26. The van der Waals surface area contributed by atoms with Gasteiger partial charge in [-0.2, -0.15) is 0 Å². The summed E-state index contributed by atoms with van der Waals surface area (Å²) in [5.74, 6) is 0.133. The molecular weight excluding hydrogens is 332 g/mol. The third kappa shape index (κ3) is 3.72. The van der Waals surface area contributed by atoms with E-state index >= 15 is 0 Å². The van der Waals surface area contributed by atoms with Crippen molar-refractivity contribution in [1.29, 1.82) is 0 Å². The molecule has 0 spiro atoms. The Morgan fingerprint density at radius 3 is 2.81 bits per heavy atom. The minimum Gasteiger partial charge on any atom is -0.465 e. The fourth-order valence-electron chi connectivity index (χ4n) is 2.82. The zero-order valence-corrected chi connectivity index (χ0v) is 14.7. The molecule has 1 N–H and O–H groups in total. The van der Waals surface area contributed by atoms with Crippen molar-refractivity contribution in [3.05, 3.63) is 59.7 Å². The third-order valence-electron chi connectivity index (χ3n) is 4.10. The molecule has 2 heterocycles. The molecule has 7 heteroatoms. The zero-order valence-electron chi connectivity index (χ0n) is 14.7. The quantitative estimate of drug-likeness (QED) is 0.687. The van der Waals surface area contributed by atoms with E-state index in [0.29, 0.717) is 30.0 Å². The Labute approximate surface area is 151 Å². The summed E-state index contributed by atoms with van der Waals surface area (Å²) in [6.45, 7) is 3.09. The molecule has 7 nitrogen and oxygen atoms in total. The maximum absolute atomic E-state index is 12.3. The van der Waals surface area contributed by atoms with Crippen molar-refractivity contribution < 1.29 is 14.3 Å². The second-order valence-electron chi connectivity index (χ2n) is 5.78. The first-order chi connectivity index (χ1) is 12.6. The van der Waals surface area contributed by atoms with E-state index in [-0.39, 0.29) is 12.3 Å². The number of pyridine rings is 1. The lowest BCUT2D eigenvalue weighted by atomic mass is 10.2. The topological polar surface area (TPSA) is 86.1 Å². The van der Waals surface area contributed by atoms with Crippen LogP contribution in [0.2, 0.25) is 0 Å². The largest absolute Gasteiger partial charge is 0.465 e. The summed E-state index contributed by atoms with van der Waals surface area (Å²) in [4.78, 5) is 32.5. The number of hydrogen-bond acceptors (Lipinski definition) is 5. The van der Waals surface area contributed by atoms with Gasteiger partial charge in [0, 0.05) is 25.5 Å². The van der Waals surface area contributed by atoms with Gasteiger partial charge in [-0.3, -0.25) is 9.78 Å². The summed E-state index contributed by atoms with van der Waals surface area (Å²) < 4.78 is 6.72. The van der Waals surface area contributed by atoms with Crippen molar-refractivity contribution in [1.82, 2.24) is 19.9 Å². The Balaban J connectivity index is 1.78. The number of ether oxygens (including phenoxy) is 1. The molecule has 0 atom stereocenters. The first-order valence-electron chi connectivity index (χ1n) is 8.35. The Morgan fingerprint density at radius 2 is 2.12 bits per heavy atom. The number of hydrogen-bond donors (Lipinski definition) is 1. The summed E-state index contributed by atoms with van der Waals surface area (Å²) in [6.07, 6.45) is 3.57. The Hall–Kier alpha value is -3.22. The van der Waals surface area contributed by atoms with Crippen LogP contribution in [0.1, 0.15) is 28.7 Å². The van der Waals surface area contributed by atoms with E-state index in [0.717, 1.165) is 11.1 Å². The molecular formula is C19H20N4O3. The van der Waals surface area contributed by atoms with Crippen molar-refractivity contribution >= 4 is 22.9 Å². The van der Waals surface area contributed by atoms with E-state index in [9.17, 15) is 9.59 Å². The molecule has 134 valence electrons. The molecule has 0 aliphatic carbocycles. The van der Waals surface area contributed by atoms with Gasteiger partial charge >= 0.3 is 5.97 Å². The molecule has 0 saturated heterocycles. The number of aromatic nitrogens is 3. The number of methoxy groups -OCH3 is 1. The average molecular weight is 352 g/mol. The summed E-state index contributed by atoms with van der Waals surface area (Å²) in [7, 11) is 1.34. The number of fused-ring (bicyclic) bond motifs is 1. The Morgan fingerprint density at radius 1 is 1.27 bits per heavy atom. The molecule has 0 unspecified atom stereocenters. The van der Waals surface area contributed by atoms with Gasteiger partial charge < -0.3 is 14.6 Å². The normalized spacial score (nSPS) is 10.7. The number of carbonyl (C=O) groups is 2. The summed E-state index contributed by atoms with van der Waals surface area (Å²) in [5, 5.41) is 2.88. The molecule has 0 aliphatic rings. The van der Waals surface area contributed by atoms with Crippen molar-refractivity contribution in [3.63, 3.8) is 0 Å². The smallest absolute Gasteiger partial charge is 0.337 e. The van der Waals surface area contributed by atoms with E-state index in [4.69, 9.17) is 4.74 Å². The minimum atomic E-state index is -0.409. The van der Waals surface area contributed by atoms with Gasteiger partial charge in [-0.1, -0.05) is 6.07 Å². The lowest BCUT2D eigenvalue weighted by Crippen LogP contribution is -2.26. The van der Waals surface area contributed by atoms with E-state index < -0.39 is 5.97 Å². The summed E-state index contributed by atoms with van der Waals surface area (Å²) in [6, 6.07) is 8.95. The molecule has 1 aromatic carbocycles. The highest BCUT2D eigenvalue weighted by atomic mass is 16.5. The van der Waals surface area contributed by atoms with Gasteiger partial charge in [-0.25, -0.2) is 9.78 Å². The zero-order chi connectivity index (χ0) is 18.5. The lowest BCUT2D eigenvalue weighted by molar-refractivity contribution is -0.120. The maximum Gasteiger partial charge on any atom is 0.337 e. The van der Waals surface area contributed by atoms with E-state index in [1.54, 1.807) is 24.5 Å². The molecule has 1 amide bonds. The molecule has 0 bridgehead atoms. The van der Waals surface area contributed by atoms with Gasteiger partial charge in [-0.15, -0.1) is 0 Å². The standard InChI is InChI=1S/C19H20N4O3/c1-3-23-16-7-6-14(19(25)26-2)9-15(16)22-17(23)10-18(24)21-12-13-5-4-8-20-11-13/h4-9,11H,3,10,12H2,1-2H3,(H,21,24). The minimum absolute atomic E-state index is 0.118. The molecule has 0 radical (unpaired) electrons. The number of imidazole rings is 1. The first-order valence-corrected chi connectivity index (χ1v) is 8.35. The van der Waals surface area contributed by atoms with Crippen LogP contribution >= 0.6 is 0 Å². The summed E-state index contributed by atoms with van der Waals surface area (Å²) >= 11 is 0. The van der Waals surface area contributed by atoms with Crippen molar-refractivity contribution in [3.8, 4) is 0 Å². The van der Waals surface area contributed by atoms with Crippen LogP contribution in [-0.4, -0.2) is 33.5 Å². The number of nitrogens with one attached hydrogen (secondary N) is 1. The van der Waals surface area contributed by atoms with Gasteiger partial charge in [0.2, 0.25) is 5.91 Å². The van der Waals surface area contributed by atoms with Gasteiger partial charge in [0.15, 0.2) is 0 Å². The van der Waals surface area contributed by atoms with Crippen LogP contribution in [0, 0.1) is 0 Å². The van der Waals surface area contributed by atoms with E-state index in [2.05, 4.69) is 15.3 Å². The van der Waals surface area contributed by atoms with Gasteiger partial charge in [0.1, 0.15) is 5.82 Å². The van der Waals surface area contributed by atoms with Gasteiger partial charge in [0.05, 0.1) is 30.1 Å². The molecule has 3 rings (SSSR count). The monoisotopic (exact) mass is 352 g/mol. The van der Waals surface area contributed by atoms with E-state index in [1.807, 2.05) is 29.7 Å². The molecule has 0 aliphatic heterocycles. The fraction of sp³-hybridized carbons (Fsp3) is 0.263. The van der Waals surface area contributed by atoms with Crippen molar-refractivity contribution in [2.24, 2.45) is 0 Å². The van der Waals surface area contributed by atoms with Crippen LogP contribution in [0.5, 0.6) is 0 Å². The number of carbonyl (C=O) groups excluding carboxylic acids is 2. The SMILES string of the molecule is CCn1c(CC(=O)NCc2cccnc2)nc2cc(C(=O)OC)ccc21. The predicted molar refractivity (Wildman–Crippen MR) is 96.5 cm³/mol. The summed E-state index contributed by atoms with van der Waals surface area (Å²) in [5.41, 5.74) is 2.93. The fourth-order valence-corrected chi connectivity index (χ4v) is 2.82. The molecule has 0 fully saturated rings. The number of nitrogens with zero attached hydrogens (tertiary/aromatic N) is 3. The van der Waals surface area contributed by atoms with Gasteiger partial charge in [-0.05, 0) is 36.8 Å². The lowest BCUT2D eigenvalue weighted by Gasteiger charge is -2.07. The number of amides is 1. The maximum atomic E-state index is 12.3. The predicted octanol–water partition coefficient (Wildman–Crippen LogP) is 2.10. The van der Waals surface area contributed by atoms with Crippen molar-refractivity contribution in [2.45, 2.75) is 26.4 Å². The van der Waals surface area contributed by atoms with Gasteiger partial charge in [0.25, 0.3) is 0 Å². The number of benzene rings is 1. The van der Waals surface area contributed by atoms with Crippen LogP contribution < -0.4 is 5.32 Å². The number of aryl methyl sites for hydroxylation is 1. The van der Waals surface area contributed by atoms with Crippen LogP contribution in [0.25, 0.3) is 11.0 Å². The molecule has 2 aromatic heterocycles. The molecule has 0 saturated carbocycles. The molecule has 26 heavy (non-hydrogen) atoms. The molecule has 3 aromatic rings. The highest BCUT2D eigenvalue weighted by Crippen LogP contribution is 2.19. The van der Waals surface area contributed by atoms with Crippen LogP contribution in [0.4, 0.5) is 0 Å². The highest BCUT2D eigenvalue weighted by Gasteiger charge is 2.15. The number of rotatable bonds is 6. The van der Waals surface area contributed by atoms with Crippen molar-refractivity contribution in [2.75, 3.05) is 7.11 Å². The second kappa shape index (κ2) is 7.77. The second-order valence-corrected chi connectivity index (χ2v) is 5.78. The van der Waals surface area contributed by atoms with Crippen LogP contribution in [0.3, 0.4) is 0 Å². The van der Waals surface area contributed by atoms with Crippen LogP contribution in [0.15, 0.2) is 42.7 Å².